The molecule has 122 valence electrons. The normalized spacial score (nSPS) is 10.7. The van der Waals surface area contributed by atoms with Crippen LogP contribution in [-0.2, 0) is 6.54 Å². The average molecular weight is 327 g/mol. The van der Waals surface area contributed by atoms with Crippen molar-refractivity contribution in [2.24, 2.45) is 0 Å². The zero-order valence-corrected chi connectivity index (χ0v) is 13.6. The van der Waals surface area contributed by atoms with Crippen molar-refractivity contribution in [3.05, 3.63) is 96.3 Å². The molecule has 0 radical (unpaired) electrons. The van der Waals surface area contributed by atoms with Crippen molar-refractivity contribution in [2.75, 3.05) is 0 Å². The lowest BCUT2D eigenvalue weighted by Gasteiger charge is -2.05. The Morgan fingerprint density at radius 2 is 1.68 bits per heavy atom. The summed E-state index contributed by atoms with van der Waals surface area (Å²) < 4.78 is 1.93. The molecule has 4 heteroatoms. The third-order valence-electron chi connectivity index (χ3n) is 4.09. The van der Waals surface area contributed by atoms with E-state index in [4.69, 9.17) is 0 Å². The van der Waals surface area contributed by atoms with Crippen LogP contribution in [0.4, 0.5) is 0 Å². The predicted molar refractivity (Wildman–Crippen MR) is 98.2 cm³/mol. The number of nitrogens with zero attached hydrogens (tertiary/aromatic N) is 2. The minimum atomic E-state index is -0.101. The largest absolute Gasteiger partial charge is 0.348 e. The highest BCUT2D eigenvalue weighted by atomic mass is 16.1. The maximum Gasteiger partial charge on any atom is 0.251 e. The van der Waals surface area contributed by atoms with Gasteiger partial charge in [-0.05, 0) is 17.7 Å². The van der Waals surface area contributed by atoms with Gasteiger partial charge in [-0.15, -0.1) is 0 Å². The van der Waals surface area contributed by atoms with Crippen molar-refractivity contribution in [2.45, 2.75) is 6.54 Å². The first kappa shape index (κ1) is 15.1. The molecular formula is C21H17N3O. The molecule has 4 nitrogen and oxygen atoms in total. The van der Waals surface area contributed by atoms with Crippen molar-refractivity contribution < 1.29 is 4.79 Å². The molecule has 0 unspecified atom stereocenters. The van der Waals surface area contributed by atoms with E-state index in [-0.39, 0.29) is 5.91 Å². The second kappa shape index (κ2) is 6.61. The minimum absolute atomic E-state index is 0.101. The Balaban J connectivity index is 1.55. The van der Waals surface area contributed by atoms with Gasteiger partial charge in [0, 0.05) is 30.1 Å². The number of pyridine rings is 1. The first-order valence-electron chi connectivity index (χ1n) is 8.16. The molecule has 0 bridgehead atoms. The van der Waals surface area contributed by atoms with Gasteiger partial charge in [-0.1, -0.05) is 60.7 Å². The number of amides is 1. The molecule has 0 saturated carbocycles. The number of nitrogens with one attached hydrogen (secondary N) is 1. The molecule has 4 aromatic rings. The minimum Gasteiger partial charge on any atom is -0.348 e. The number of carbonyl (C=O) groups is 1. The quantitative estimate of drug-likeness (QED) is 0.617. The highest BCUT2D eigenvalue weighted by molar-refractivity contribution is 5.95. The van der Waals surface area contributed by atoms with Crippen LogP contribution in [0.5, 0.6) is 0 Å². The number of fused-ring (bicyclic) bond motifs is 1. The number of imidazole rings is 1. The van der Waals surface area contributed by atoms with Gasteiger partial charge in [-0.3, -0.25) is 4.79 Å². The van der Waals surface area contributed by atoms with Gasteiger partial charge in [0.15, 0.2) is 0 Å². The van der Waals surface area contributed by atoms with Crippen LogP contribution >= 0.6 is 0 Å². The van der Waals surface area contributed by atoms with Gasteiger partial charge in [-0.25, -0.2) is 4.98 Å². The SMILES string of the molecule is O=C(NCc1ccccc1)c1ccn2cc(-c3ccccc3)nc2c1. The highest BCUT2D eigenvalue weighted by Crippen LogP contribution is 2.19. The predicted octanol–water partition coefficient (Wildman–Crippen LogP) is 3.93. The number of hydrogen-bond acceptors (Lipinski definition) is 2. The lowest BCUT2D eigenvalue weighted by molar-refractivity contribution is 0.0951. The third kappa shape index (κ3) is 3.28. The Hall–Kier alpha value is -3.40. The summed E-state index contributed by atoms with van der Waals surface area (Å²) in [5.41, 5.74) is 4.38. The van der Waals surface area contributed by atoms with E-state index in [2.05, 4.69) is 10.3 Å². The molecule has 2 aromatic carbocycles. The molecule has 0 spiro atoms. The molecular weight excluding hydrogens is 310 g/mol. The van der Waals surface area contributed by atoms with Crippen LogP contribution in [0.25, 0.3) is 16.9 Å². The van der Waals surface area contributed by atoms with Crippen LogP contribution in [0.15, 0.2) is 85.2 Å². The fourth-order valence-electron chi connectivity index (χ4n) is 2.75. The number of rotatable bonds is 4. The van der Waals surface area contributed by atoms with Gasteiger partial charge in [0.25, 0.3) is 5.91 Å². The van der Waals surface area contributed by atoms with Crippen molar-refractivity contribution >= 4 is 11.6 Å². The highest BCUT2D eigenvalue weighted by Gasteiger charge is 2.09. The van der Waals surface area contributed by atoms with Gasteiger partial charge in [0.2, 0.25) is 0 Å². The second-order valence-corrected chi connectivity index (χ2v) is 5.84. The van der Waals surface area contributed by atoms with E-state index in [0.29, 0.717) is 12.1 Å². The van der Waals surface area contributed by atoms with Crippen LogP contribution < -0.4 is 5.32 Å². The molecule has 0 aliphatic rings. The molecule has 0 saturated heterocycles. The summed E-state index contributed by atoms with van der Waals surface area (Å²) in [5.74, 6) is -0.101. The van der Waals surface area contributed by atoms with Crippen molar-refractivity contribution in [3.8, 4) is 11.3 Å². The van der Waals surface area contributed by atoms with E-state index in [1.165, 1.54) is 0 Å². The Morgan fingerprint density at radius 1 is 0.960 bits per heavy atom. The summed E-state index contributed by atoms with van der Waals surface area (Å²) in [4.78, 5) is 17.0. The smallest absolute Gasteiger partial charge is 0.251 e. The number of benzene rings is 2. The Labute approximate surface area is 145 Å². The van der Waals surface area contributed by atoms with Crippen LogP contribution in [0.3, 0.4) is 0 Å². The molecule has 1 N–H and O–H groups in total. The first-order chi connectivity index (χ1) is 12.3. The summed E-state index contributed by atoms with van der Waals surface area (Å²) in [7, 11) is 0. The second-order valence-electron chi connectivity index (χ2n) is 5.84. The summed E-state index contributed by atoms with van der Waals surface area (Å²) >= 11 is 0. The molecule has 0 aliphatic heterocycles. The van der Waals surface area contributed by atoms with Gasteiger partial charge in [-0.2, -0.15) is 0 Å². The van der Waals surface area contributed by atoms with Gasteiger partial charge >= 0.3 is 0 Å². The van der Waals surface area contributed by atoms with Gasteiger partial charge < -0.3 is 9.72 Å². The van der Waals surface area contributed by atoms with E-state index in [1.807, 2.05) is 89.6 Å². The van der Waals surface area contributed by atoms with Crippen LogP contribution in [-0.4, -0.2) is 15.3 Å². The van der Waals surface area contributed by atoms with E-state index >= 15 is 0 Å². The molecule has 25 heavy (non-hydrogen) atoms. The zero-order chi connectivity index (χ0) is 17.1. The molecule has 0 aliphatic carbocycles. The number of aromatic nitrogens is 2. The Kier molecular flexibility index (Phi) is 4.01. The van der Waals surface area contributed by atoms with E-state index in [0.717, 1.165) is 22.5 Å². The lowest BCUT2D eigenvalue weighted by atomic mass is 10.2. The van der Waals surface area contributed by atoms with Crippen molar-refractivity contribution in [1.82, 2.24) is 14.7 Å². The number of hydrogen-bond donors (Lipinski definition) is 1. The van der Waals surface area contributed by atoms with Gasteiger partial charge in [0.05, 0.1) is 5.69 Å². The summed E-state index contributed by atoms with van der Waals surface area (Å²) in [6.07, 6.45) is 3.84. The Morgan fingerprint density at radius 3 is 2.44 bits per heavy atom. The van der Waals surface area contributed by atoms with Crippen LogP contribution in [0, 0.1) is 0 Å². The lowest BCUT2D eigenvalue weighted by Crippen LogP contribution is -2.22. The number of carbonyl (C=O) groups excluding carboxylic acids is 1. The Bertz CT molecular complexity index is 1010. The zero-order valence-electron chi connectivity index (χ0n) is 13.6. The van der Waals surface area contributed by atoms with E-state index in [1.54, 1.807) is 0 Å². The van der Waals surface area contributed by atoms with Crippen LogP contribution in [0.2, 0.25) is 0 Å². The standard InChI is InChI=1S/C21H17N3O/c25-21(22-14-16-7-3-1-4-8-16)18-11-12-24-15-19(23-20(24)13-18)17-9-5-2-6-10-17/h1-13,15H,14H2,(H,22,25). The summed E-state index contributed by atoms with van der Waals surface area (Å²) in [6.45, 7) is 0.508. The molecule has 4 rings (SSSR count). The van der Waals surface area contributed by atoms with Crippen molar-refractivity contribution in [3.63, 3.8) is 0 Å². The fraction of sp³-hybridized carbons (Fsp3) is 0.0476. The molecule has 2 aromatic heterocycles. The molecule has 0 atom stereocenters. The molecule has 0 fully saturated rings. The molecule has 2 heterocycles. The van der Waals surface area contributed by atoms with E-state index in [9.17, 15) is 4.79 Å². The summed E-state index contributed by atoms with van der Waals surface area (Å²) in [6, 6.07) is 23.5. The van der Waals surface area contributed by atoms with E-state index < -0.39 is 0 Å². The average Bonchev–Trinajstić information content (AvgIpc) is 3.11. The topological polar surface area (TPSA) is 46.4 Å². The third-order valence-corrected chi connectivity index (χ3v) is 4.09. The summed E-state index contributed by atoms with van der Waals surface area (Å²) in [5, 5.41) is 2.94. The van der Waals surface area contributed by atoms with Gasteiger partial charge in [0.1, 0.15) is 5.65 Å². The molecule has 1 amide bonds. The van der Waals surface area contributed by atoms with Crippen molar-refractivity contribution in [1.29, 1.82) is 0 Å². The fourth-order valence-corrected chi connectivity index (χ4v) is 2.75. The monoisotopic (exact) mass is 327 g/mol. The first-order valence-corrected chi connectivity index (χ1v) is 8.16. The maximum absolute atomic E-state index is 12.4. The maximum atomic E-state index is 12.4. The van der Waals surface area contributed by atoms with Crippen LogP contribution in [0.1, 0.15) is 15.9 Å².